The lowest BCUT2D eigenvalue weighted by Crippen LogP contribution is -2.11. The molecule has 17 heavy (non-hydrogen) atoms. The summed E-state index contributed by atoms with van der Waals surface area (Å²) in [6.45, 7) is 4.09. The lowest BCUT2D eigenvalue weighted by atomic mass is 10.1. The van der Waals surface area contributed by atoms with Crippen molar-refractivity contribution in [3.63, 3.8) is 0 Å². The molecule has 0 aliphatic heterocycles. The van der Waals surface area contributed by atoms with E-state index in [0.29, 0.717) is 0 Å². The van der Waals surface area contributed by atoms with E-state index < -0.39 is 0 Å². The average molecular weight is 250 g/mol. The van der Waals surface area contributed by atoms with Gasteiger partial charge >= 0.3 is 0 Å². The van der Waals surface area contributed by atoms with Crippen LogP contribution in [0, 0.1) is 13.8 Å². The molecule has 1 aromatic carbocycles. The fourth-order valence-electron chi connectivity index (χ4n) is 1.81. The highest BCUT2D eigenvalue weighted by atomic mass is 32.1. The Balaban J connectivity index is 2.50. The fourth-order valence-corrected chi connectivity index (χ4v) is 2.25. The number of nitrogens with zero attached hydrogens (tertiary/aromatic N) is 4. The molecule has 0 unspecified atom stereocenters. The van der Waals surface area contributed by atoms with Gasteiger partial charge in [-0.1, -0.05) is 15.7 Å². The van der Waals surface area contributed by atoms with Crippen LogP contribution in [0.15, 0.2) is 12.1 Å². The third-order valence-corrected chi connectivity index (χ3v) is 3.21. The molecule has 1 heterocycles. The van der Waals surface area contributed by atoms with Crippen molar-refractivity contribution in [2.45, 2.75) is 13.8 Å². The van der Waals surface area contributed by atoms with Crippen molar-refractivity contribution in [2.75, 3.05) is 19.1 Å². The SMILES string of the molecule is COc1c(C)cc(C)cc1N(C)c1nnns1. The number of benzene rings is 1. The highest BCUT2D eigenvalue weighted by molar-refractivity contribution is 7.09. The van der Waals surface area contributed by atoms with Crippen LogP contribution in [0.25, 0.3) is 0 Å². The van der Waals surface area contributed by atoms with Gasteiger partial charge in [0.25, 0.3) is 0 Å². The Morgan fingerprint density at radius 3 is 2.65 bits per heavy atom. The van der Waals surface area contributed by atoms with Gasteiger partial charge in [0.15, 0.2) is 0 Å². The largest absolute Gasteiger partial charge is 0.494 e. The zero-order chi connectivity index (χ0) is 12.4. The van der Waals surface area contributed by atoms with Crippen molar-refractivity contribution in [1.82, 2.24) is 14.8 Å². The Morgan fingerprint density at radius 1 is 1.29 bits per heavy atom. The van der Waals surface area contributed by atoms with E-state index >= 15 is 0 Å². The molecule has 1 aromatic heterocycles. The molecule has 0 atom stereocenters. The maximum Gasteiger partial charge on any atom is 0.232 e. The minimum atomic E-state index is 0.744. The van der Waals surface area contributed by atoms with Crippen molar-refractivity contribution in [1.29, 1.82) is 0 Å². The highest BCUT2D eigenvalue weighted by Gasteiger charge is 2.15. The Kier molecular flexibility index (Phi) is 3.23. The summed E-state index contributed by atoms with van der Waals surface area (Å²) >= 11 is 1.25. The quantitative estimate of drug-likeness (QED) is 0.836. The standard InChI is InChI=1S/C11H14N4OS/c1-7-5-8(2)10(16-4)9(6-7)15(3)11-12-13-14-17-11/h5-6H,1-4H3. The molecular weight excluding hydrogens is 236 g/mol. The molecule has 0 aliphatic carbocycles. The first-order valence-corrected chi connectivity index (χ1v) is 5.95. The zero-order valence-electron chi connectivity index (χ0n) is 10.3. The molecular formula is C11H14N4OS. The van der Waals surface area contributed by atoms with Gasteiger partial charge in [0.1, 0.15) is 5.75 Å². The number of hydrogen-bond donors (Lipinski definition) is 0. The van der Waals surface area contributed by atoms with Crippen LogP contribution in [-0.2, 0) is 0 Å². The molecule has 0 bridgehead atoms. The lowest BCUT2D eigenvalue weighted by molar-refractivity contribution is 0.412. The molecule has 2 rings (SSSR count). The number of hydrogen-bond acceptors (Lipinski definition) is 6. The molecule has 5 nitrogen and oxygen atoms in total. The van der Waals surface area contributed by atoms with Crippen LogP contribution in [0.3, 0.4) is 0 Å². The Bertz CT molecular complexity index is 512. The topological polar surface area (TPSA) is 51.1 Å². The molecule has 0 saturated heterocycles. The van der Waals surface area contributed by atoms with Gasteiger partial charge in [0.05, 0.1) is 12.8 Å². The van der Waals surface area contributed by atoms with Gasteiger partial charge in [-0.25, -0.2) is 0 Å². The second-order valence-electron chi connectivity index (χ2n) is 3.84. The van der Waals surface area contributed by atoms with E-state index in [9.17, 15) is 0 Å². The van der Waals surface area contributed by atoms with Gasteiger partial charge in [-0.2, -0.15) is 0 Å². The van der Waals surface area contributed by atoms with Crippen molar-refractivity contribution in [2.24, 2.45) is 0 Å². The average Bonchev–Trinajstić information content (AvgIpc) is 2.80. The summed E-state index contributed by atoms with van der Waals surface area (Å²) in [5, 5.41) is 8.30. The predicted octanol–water partition coefficient (Wildman–Crippen LogP) is 2.33. The maximum absolute atomic E-state index is 5.44. The summed E-state index contributed by atoms with van der Waals surface area (Å²) in [7, 11) is 3.60. The van der Waals surface area contributed by atoms with E-state index in [-0.39, 0.29) is 0 Å². The molecule has 2 aromatic rings. The van der Waals surface area contributed by atoms with E-state index in [0.717, 1.165) is 22.1 Å². The van der Waals surface area contributed by atoms with E-state index in [2.05, 4.69) is 33.9 Å². The minimum absolute atomic E-state index is 0.744. The van der Waals surface area contributed by atoms with Crippen LogP contribution in [0.1, 0.15) is 11.1 Å². The van der Waals surface area contributed by atoms with Crippen molar-refractivity contribution in [3.05, 3.63) is 23.3 Å². The van der Waals surface area contributed by atoms with Crippen LogP contribution >= 0.6 is 11.5 Å². The first-order valence-electron chi connectivity index (χ1n) is 5.17. The predicted molar refractivity (Wildman–Crippen MR) is 68.2 cm³/mol. The Hall–Kier alpha value is -1.69. The van der Waals surface area contributed by atoms with Gasteiger partial charge in [-0.05, 0) is 36.3 Å². The summed E-state index contributed by atoms with van der Waals surface area (Å²) in [4.78, 5) is 1.93. The van der Waals surface area contributed by atoms with Crippen LogP contribution in [0.5, 0.6) is 5.75 Å². The number of anilines is 2. The summed E-state index contributed by atoms with van der Waals surface area (Å²) in [6, 6.07) is 4.15. The van der Waals surface area contributed by atoms with Gasteiger partial charge in [0.2, 0.25) is 5.13 Å². The fraction of sp³-hybridized carbons (Fsp3) is 0.364. The minimum Gasteiger partial charge on any atom is -0.494 e. The lowest BCUT2D eigenvalue weighted by Gasteiger charge is -2.20. The number of aromatic nitrogens is 3. The van der Waals surface area contributed by atoms with Crippen LogP contribution in [-0.4, -0.2) is 29.0 Å². The van der Waals surface area contributed by atoms with Crippen LogP contribution in [0.2, 0.25) is 0 Å². The smallest absolute Gasteiger partial charge is 0.232 e. The summed E-state index contributed by atoms with van der Waals surface area (Å²) in [5.41, 5.74) is 3.26. The zero-order valence-corrected chi connectivity index (χ0v) is 11.1. The monoisotopic (exact) mass is 250 g/mol. The molecule has 0 N–H and O–H groups in total. The number of ether oxygens (including phenoxy) is 1. The van der Waals surface area contributed by atoms with Crippen molar-refractivity contribution in [3.8, 4) is 5.75 Å². The second kappa shape index (κ2) is 4.67. The third kappa shape index (κ3) is 2.21. The van der Waals surface area contributed by atoms with E-state index in [4.69, 9.17) is 4.74 Å². The molecule has 0 amide bonds. The summed E-state index contributed by atoms with van der Waals surface area (Å²) in [6.07, 6.45) is 0. The molecule has 90 valence electrons. The van der Waals surface area contributed by atoms with Gasteiger partial charge in [-0.15, -0.1) is 0 Å². The Labute approximate surface area is 104 Å². The van der Waals surface area contributed by atoms with Crippen molar-refractivity contribution < 1.29 is 4.74 Å². The molecule has 0 aliphatic rings. The Morgan fingerprint density at radius 2 is 2.06 bits per heavy atom. The van der Waals surface area contributed by atoms with E-state index in [1.165, 1.54) is 17.1 Å². The van der Waals surface area contributed by atoms with Crippen LogP contribution in [0.4, 0.5) is 10.8 Å². The number of methoxy groups -OCH3 is 1. The third-order valence-electron chi connectivity index (χ3n) is 2.54. The highest BCUT2D eigenvalue weighted by Crippen LogP contribution is 2.36. The van der Waals surface area contributed by atoms with E-state index in [1.807, 2.05) is 18.9 Å². The number of rotatable bonds is 3. The molecule has 0 spiro atoms. The maximum atomic E-state index is 5.44. The van der Waals surface area contributed by atoms with Crippen molar-refractivity contribution >= 4 is 22.4 Å². The van der Waals surface area contributed by atoms with Gasteiger partial charge in [0, 0.05) is 18.6 Å². The second-order valence-corrected chi connectivity index (χ2v) is 4.55. The van der Waals surface area contributed by atoms with E-state index in [1.54, 1.807) is 7.11 Å². The molecule has 0 radical (unpaired) electrons. The number of aryl methyl sites for hydroxylation is 2. The van der Waals surface area contributed by atoms with Gasteiger partial charge in [-0.3, -0.25) is 0 Å². The normalized spacial score (nSPS) is 10.4. The first-order chi connectivity index (χ1) is 8.13. The summed E-state index contributed by atoms with van der Waals surface area (Å²) in [5.74, 6) is 0.855. The first kappa shape index (κ1) is 11.8. The van der Waals surface area contributed by atoms with Crippen LogP contribution < -0.4 is 9.64 Å². The molecule has 0 fully saturated rings. The molecule has 0 saturated carbocycles. The van der Waals surface area contributed by atoms with Gasteiger partial charge < -0.3 is 9.64 Å². The molecule has 6 heteroatoms. The summed E-state index contributed by atoms with van der Waals surface area (Å²) < 4.78 is 9.21.